The van der Waals surface area contributed by atoms with Crippen molar-refractivity contribution in [3.8, 4) is 0 Å². The van der Waals surface area contributed by atoms with Gasteiger partial charge in [0.25, 0.3) is 0 Å². The molecule has 0 radical (unpaired) electrons. The van der Waals surface area contributed by atoms with Crippen LogP contribution >= 0.6 is 11.6 Å². The maximum atomic E-state index is 13.2. The summed E-state index contributed by atoms with van der Waals surface area (Å²) in [7, 11) is 2.00. The van der Waals surface area contributed by atoms with Crippen molar-refractivity contribution in [2.75, 3.05) is 11.9 Å². The summed E-state index contributed by atoms with van der Waals surface area (Å²) < 4.78 is 13.2. The summed E-state index contributed by atoms with van der Waals surface area (Å²) in [4.78, 5) is 2.12. The summed E-state index contributed by atoms with van der Waals surface area (Å²) in [5, 5.41) is 0. The van der Waals surface area contributed by atoms with E-state index in [4.69, 9.17) is 11.6 Å². The average molecular weight is 214 g/mol. The van der Waals surface area contributed by atoms with Crippen LogP contribution in [0.1, 0.15) is 18.4 Å². The third kappa shape index (κ3) is 2.01. The molecule has 0 heterocycles. The van der Waals surface area contributed by atoms with Crippen molar-refractivity contribution in [1.29, 1.82) is 0 Å². The number of nitrogens with zero attached hydrogens (tertiary/aromatic N) is 1. The molecule has 0 aliphatic heterocycles. The summed E-state index contributed by atoms with van der Waals surface area (Å²) in [5.74, 6) is 0.161. The van der Waals surface area contributed by atoms with Crippen molar-refractivity contribution in [2.24, 2.45) is 0 Å². The summed E-state index contributed by atoms with van der Waals surface area (Å²) >= 11 is 5.69. The minimum absolute atomic E-state index is 0.203. The van der Waals surface area contributed by atoms with Gasteiger partial charge in [0, 0.05) is 24.7 Å². The number of benzene rings is 1. The van der Waals surface area contributed by atoms with E-state index in [2.05, 4.69) is 4.90 Å². The van der Waals surface area contributed by atoms with E-state index >= 15 is 0 Å². The van der Waals surface area contributed by atoms with Gasteiger partial charge in [-0.05, 0) is 36.6 Å². The monoisotopic (exact) mass is 213 g/mol. The molecule has 0 saturated heterocycles. The standard InChI is InChI=1S/C11H13ClFN/c1-14(10-2-3-10)11-5-8(7-12)4-9(13)6-11/h4-6,10H,2-3,7H2,1H3. The number of rotatable bonds is 3. The fourth-order valence-electron chi connectivity index (χ4n) is 1.59. The number of hydrogen-bond donors (Lipinski definition) is 0. The molecule has 0 N–H and O–H groups in total. The van der Waals surface area contributed by atoms with Gasteiger partial charge in [-0.15, -0.1) is 11.6 Å². The molecule has 2 rings (SSSR count). The van der Waals surface area contributed by atoms with Gasteiger partial charge in [-0.3, -0.25) is 0 Å². The van der Waals surface area contributed by atoms with Crippen LogP contribution in [0.3, 0.4) is 0 Å². The zero-order valence-corrected chi connectivity index (χ0v) is 8.89. The van der Waals surface area contributed by atoms with Gasteiger partial charge in [0.2, 0.25) is 0 Å². The number of halogens is 2. The van der Waals surface area contributed by atoms with Gasteiger partial charge in [0.05, 0.1) is 0 Å². The fourth-order valence-corrected chi connectivity index (χ4v) is 1.74. The molecule has 76 valence electrons. The van der Waals surface area contributed by atoms with Crippen LogP contribution in [-0.2, 0) is 5.88 Å². The molecule has 1 fully saturated rings. The lowest BCUT2D eigenvalue weighted by Crippen LogP contribution is -2.19. The van der Waals surface area contributed by atoms with Crippen molar-refractivity contribution >= 4 is 17.3 Å². The number of hydrogen-bond acceptors (Lipinski definition) is 1. The lowest BCUT2D eigenvalue weighted by Gasteiger charge is -2.19. The quantitative estimate of drug-likeness (QED) is 0.698. The zero-order chi connectivity index (χ0) is 10.1. The van der Waals surface area contributed by atoms with Crippen LogP contribution in [0.25, 0.3) is 0 Å². The Hall–Kier alpha value is -0.760. The number of alkyl halides is 1. The second kappa shape index (κ2) is 3.77. The number of anilines is 1. The lowest BCUT2D eigenvalue weighted by molar-refractivity contribution is 0.625. The molecule has 1 saturated carbocycles. The van der Waals surface area contributed by atoms with E-state index in [1.807, 2.05) is 13.1 Å². The fraction of sp³-hybridized carbons (Fsp3) is 0.455. The van der Waals surface area contributed by atoms with Crippen LogP contribution < -0.4 is 4.90 Å². The van der Waals surface area contributed by atoms with Gasteiger partial charge in [-0.25, -0.2) is 4.39 Å². The molecule has 0 spiro atoms. The highest BCUT2D eigenvalue weighted by molar-refractivity contribution is 6.17. The Kier molecular flexibility index (Phi) is 2.64. The third-order valence-electron chi connectivity index (χ3n) is 2.60. The molecule has 0 atom stereocenters. The Balaban J connectivity index is 2.27. The van der Waals surface area contributed by atoms with E-state index in [-0.39, 0.29) is 5.82 Å². The van der Waals surface area contributed by atoms with Gasteiger partial charge in [0.15, 0.2) is 0 Å². The maximum Gasteiger partial charge on any atom is 0.125 e. The topological polar surface area (TPSA) is 3.24 Å². The minimum Gasteiger partial charge on any atom is -0.372 e. The largest absolute Gasteiger partial charge is 0.372 e. The van der Waals surface area contributed by atoms with Gasteiger partial charge in [-0.2, -0.15) is 0 Å². The van der Waals surface area contributed by atoms with Crippen LogP contribution in [0.5, 0.6) is 0 Å². The van der Waals surface area contributed by atoms with Crippen molar-refractivity contribution in [3.63, 3.8) is 0 Å². The van der Waals surface area contributed by atoms with Crippen LogP contribution in [0.15, 0.2) is 18.2 Å². The van der Waals surface area contributed by atoms with Crippen LogP contribution in [-0.4, -0.2) is 13.1 Å². The molecular formula is C11H13ClFN. The zero-order valence-electron chi connectivity index (χ0n) is 8.13. The van der Waals surface area contributed by atoms with Gasteiger partial charge in [0.1, 0.15) is 5.82 Å². The maximum absolute atomic E-state index is 13.2. The molecule has 1 aliphatic carbocycles. The molecule has 0 aromatic heterocycles. The van der Waals surface area contributed by atoms with Crippen LogP contribution in [0.2, 0.25) is 0 Å². The van der Waals surface area contributed by atoms with Gasteiger partial charge in [-0.1, -0.05) is 0 Å². The molecule has 0 unspecified atom stereocenters. The highest BCUT2D eigenvalue weighted by Gasteiger charge is 2.26. The molecule has 1 aliphatic rings. The van der Waals surface area contributed by atoms with Crippen molar-refractivity contribution in [2.45, 2.75) is 24.8 Å². The average Bonchev–Trinajstić information content (AvgIpc) is 2.99. The Labute approximate surface area is 88.5 Å². The molecule has 3 heteroatoms. The van der Waals surface area contributed by atoms with Crippen molar-refractivity contribution < 1.29 is 4.39 Å². The first-order valence-corrected chi connectivity index (χ1v) is 5.32. The summed E-state index contributed by atoms with van der Waals surface area (Å²) in [5.41, 5.74) is 1.78. The first kappa shape index (κ1) is 9.78. The van der Waals surface area contributed by atoms with Crippen molar-refractivity contribution in [1.82, 2.24) is 0 Å². The second-order valence-corrected chi connectivity index (χ2v) is 4.06. The minimum atomic E-state index is -0.203. The van der Waals surface area contributed by atoms with Crippen LogP contribution in [0, 0.1) is 5.82 Å². The van der Waals surface area contributed by atoms with E-state index in [9.17, 15) is 4.39 Å². The van der Waals surface area contributed by atoms with E-state index in [1.165, 1.54) is 18.9 Å². The van der Waals surface area contributed by atoms with E-state index in [0.717, 1.165) is 11.3 Å². The van der Waals surface area contributed by atoms with E-state index in [1.54, 1.807) is 6.07 Å². The summed E-state index contributed by atoms with van der Waals surface area (Å²) in [6.07, 6.45) is 2.42. The predicted molar refractivity (Wildman–Crippen MR) is 57.4 cm³/mol. The molecule has 1 nitrogen and oxygen atoms in total. The molecule has 14 heavy (non-hydrogen) atoms. The SMILES string of the molecule is CN(c1cc(F)cc(CCl)c1)C1CC1. The Morgan fingerprint density at radius 2 is 2.14 bits per heavy atom. The van der Waals surface area contributed by atoms with E-state index in [0.29, 0.717) is 11.9 Å². The highest BCUT2D eigenvalue weighted by Crippen LogP contribution is 2.31. The normalized spacial score (nSPS) is 15.6. The van der Waals surface area contributed by atoms with Crippen LogP contribution in [0.4, 0.5) is 10.1 Å². The second-order valence-electron chi connectivity index (χ2n) is 3.79. The molecule has 1 aromatic rings. The van der Waals surface area contributed by atoms with Gasteiger partial charge < -0.3 is 4.90 Å². The Bertz CT molecular complexity index is 336. The first-order valence-electron chi connectivity index (χ1n) is 4.79. The summed E-state index contributed by atoms with van der Waals surface area (Å²) in [6.45, 7) is 0. The smallest absolute Gasteiger partial charge is 0.125 e. The Morgan fingerprint density at radius 3 is 2.71 bits per heavy atom. The first-order chi connectivity index (χ1) is 6.70. The van der Waals surface area contributed by atoms with E-state index < -0.39 is 0 Å². The van der Waals surface area contributed by atoms with Gasteiger partial charge >= 0.3 is 0 Å². The molecule has 1 aromatic carbocycles. The lowest BCUT2D eigenvalue weighted by atomic mass is 10.2. The third-order valence-corrected chi connectivity index (χ3v) is 2.91. The van der Waals surface area contributed by atoms with Crippen molar-refractivity contribution in [3.05, 3.63) is 29.6 Å². The molecule has 0 amide bonds. The predicted octanol–water partition coefficient (Wildman–Crippen LogP) is 3.16. The summed E-state index contributed by atoms with van der Waals surface area (Å²) in [6, 6.07) is 5.60. The Morgan fingerprint density at radius 1 is 1.43 bits per heavy atom. The highest BCUT2D eigenvalue weighted by atomic mass is 35.5. The molecular weight excluding hydrogens is 201 g/mol. The molecule has 0 bridgehead atoms.